The van der Waals surface area contributed by atoms with Gasteiger partial charge in [0, 0.05) is 14.0 Å². The third-order valence-electron chi connectivity index (χ3n) is 3.30. The number of aromatic nitrogens is 3. The number of pyridine rings is 1. The Bertz CT molecular complexity index is 868. The van der Waals surface area contributed by atoms with Crippen LogP contribution in [0.1, 0.15) is 23.9 Å². The van der Waals surface area contributed by atoms with Gasteiger partial charge in [-0.05, 0) is 31.5 Å². The predicted octanol–water partition coefficient (Wildman–Crippen LogP) is 3.68. The minimum absolute atomic E-state index is 0.0306. The van der Waals surface area contributed by atoms with Crippen LogP contribution in [-0.4, -0.2) is 14.1 Å². The highest BCUT2D eigenvalue weighted by molar-refractivity contribution is 7.71. The second-order valence-electron chi connectivity index (χ2n) is 5.13. The van der Waals surface area contributed by atoms with Gasteiger partial charge in [-0.15, -0.1) is 0 Å². The molecule has 0 saturated heterocycles. The van der Waals surface area contributed by atoms with Crippen molar-refractivity contribution in [3.05, 3.63) is 49.2 Å². The summed E-state index contributed by atoms with van der Waals surface area (Å²) < 4.78 is 29.1. The number of halogens is 3. The van der Waals surface area contributed by atoms with Crippen LogP contribution in [-0.2, 0) is 13.0 Å². The number of hydrogen-bond donors (Lipinski definition) is 0. The van der Waals surface area contributed by atoms with E-state index < -0.39 is 17.3 Å². The van der Waals surface area contributed by atoms with Gasteiger partial charge in [-0.1, -0.05) is 23.8 Å². The molecule has 0 radical (unpaired) electrons. The Balaban J connectivity index is 2.85. The third-order valence-corrected chi connectivity index (χ3v) is 3.98. The Labute approximate surface area is 136 Å². The van der Waals surface area contributed by atoms with Crippen LogP contribution in [0.5, 0.6) is 0 Å². The highest BCUT2D eigenvalue weighted by atomic mass is 35.5. The lowest BCUT2D eigenvalue weighted by molar-refractivity contribution is 0.00834. The van der Waals surface area contributed by atoms with E-state index in [1.165, 1.54) is 7.05 Å². The first-order chi connectivity index (χ1) is 10.0. The molecule has 2 rings (SSSR count). The predicted molar refractivity (Wildman–Crippen MR) is 83.7 cm³/mol. The molecule has 2 aromatic heterocycles. The van der Waals surface area contributed by atoms with Crippen molar-refractivity contribution < 1.29 is 8.78 Å². The molecule has 0 aromatic carbocycles. The van der Waals surface area contributed by atoms with Gasteiger partial charge in [0.25, 0.3) is 5.92 Å². The van der Waals surface area contributed by atoms with Crippen molar-refractivity contribution in [2.45, 2.75) is 26.7 Å². The fraction of sp³-hybridized carbons (Fsp3) is 0.357. The fourth-order valence-electron chi connectivity index (χ4n) is 2.13. The van der Waals surface area contributed by atoms with Crippen LogP contribution in [0.2, 0.25) is 5.02 Å². The largest absolute Gasteiger partial charge is 0.335 e. The second kappa shape index (κ2) is 5.55. The molecule has 0 N–H and O–H groups in total. The Morgan fingerprint density at radius 3 is 2.45 bits per heavy atom. The van der Waals surface area contributed by atoms with Crippen LogP contribution in [0.4, 0.5) is 8.78 Å². The number of aryl methyl sites for hydroxylation is 2. The summed E-state index contributed by atoms with van der Waals surface area (Å²) in [5.74, 6) is -2.88. The van der Waals surface area contributed by atoms with Gasteiger partial charge in [0.15, 0.2) is 0 Å². The summed E-state index contributed by atoms with van der Waals surface area (Å²) in [7, 11) is 1.28. The molecule has 0 bridgehead atoms. The molecule has 4 nitrogen and oxygen atoms in total. The van der Waals surface area contributed by atoms with Gasteiger partial charge in [0.1, 0.15) is 10.5 Å². The Morgan fingerprint density at radius 2 is 1.91 bits per heavy atom. The lowest BCUT2D eigenvalue weighted by Gasteiger charge is -2.18. The Kier molecular flexibility index (Phi) is 4.23. The zero-order chi connectivity index (χ0) is 16.8. The quantitative estimate of drug-likeness (QED) is 0.779. The molecule has 0 atom stereocenters. The molecule has 0 unspecified atom stereocenters. The monoisotopic (exact) mass is 345 g/mol. The molecule has 0 spiro atoms. The van der Waals surface area contributed by atoms with Gasteiger partial charge in [0.2, 0.25) is 0 Å². The van der Waals surface area contributed by atoms with E-state index in [1.807, 2.05) is 0 Å². The van der Waals surface area contributed by atoms with Crippen molar-refractivity contribution in [2.75, 3.05) is 0 Å². The van der Waals surface area contributed by atoms with Gasteiger partial charge >= 0.3 is 5.69 Å². The van der Waals surface area contributed by atoms with Gasteiger partial charge in [0.05, 0.1) is 16.4 Å². The first-order valence-corrected chi connectivity index (χ1v) is 7.18. The lowest BCUT2D eigenvalue weighted by Crippen LogP contribution is -2.34. The summed E-state index contributed by atoms with van der Waals surface area (Å²) in [6.07, 6.45) is 0. The number of nitrogens with zero attached hydrogens (tertiary/aromatic N) is 3. The molecule has 0 saturated carbocycles. The van der Waals surface area contributed by atoms with E-state index in [4.69, 9.17) is 23.8 Å². The van der Waals surface area contributed by atoms with Gasteiger partial charge in [-0.2, -0.15) is 0 Å². The van der Waals surface area contributed by atoms with Crippen LogP contribution < -0.4 is 5.69 Å². The van der Waals surface area contributed by atoms with Crippen LogP contribution in [0, 0.1) is 18.5 Å². The number of hydrogen-bond acceptors (Lipinski definition) is 3. The van der Waals surface area contributed by atoms with E-state index in [9.17, 15) is 13.6 Å². The maximum absolute atomic E-state index is 13.6. The van der Waals surface area contributed by atoms with Crippen molar-refractivity contribution in [1.82, 2.24) is 14.1 Å². The maximum Gasteiger partial charge on any atom is 0.335 e. The van der Waals surface area contributed by atoms with Crippen molar-refractivity contribution in [1.29, 1.82) is 0 Å². The molecule has 0 aliphatic carbocycles. The maximum atomic E-state index is 13.6. The zero-order valence-corrected chi connectivity index (χ0v) is 14.0. The molecule has 0 fully saturated rings. The number of alkyl halides is 2. The van der Waals surface area contributed by atoms with Crippen molar-refractivity contribution >= 4 is 23.8 Å². The SMILES string of the molecule is Cc1cc(Cl)c(C)nc1-n1c(=S)cc(C(C)(F)F)n(C)c1=O. The lowest BCUT2D eigenvalue weighted by atomic mass is 10.2. The van der Waals surface area contributed by atoms with Crippen LogP contribution in [0.25, 0.3) is 5.82 Å². The van der Waals surface area contributed by atoms with E-state index >= 15 is 0 Å². The molecular formula is C14H14ClF2N3OS. The molecule has 118 valence electrons. The van der Waals surface area contributed by atoms with E-state index in [2.05, 4.69) is 4.98 Å². The van der Waals surface area contributed by atoms with Crippen molar-refractivity contribution in [3.8, 4) is 5.82 Å². The third kappa shape index (κ3) is 2.83. The Morgan fingerprint density at radius 1 is 1.32 bits per heavy atom. The van der Waals surface area contributed by atoms with Crippen LogP contribution in [0.3, 0.4) is 0 Å². The minimum atomic E-state index is -3.17. The molecule has 2 heterocycles. The second-order valence-corrected chi connectivity index (χ2v) is 5.95. The highest BCUT2D eigenvalue weighted by Gasteiger charge is 2.29. The van der Waals surface area contributed by atoms with E-state index in [-0.39, 0.29) is 4.64 Å². The summed E-state index contributed by atoms with van der Waals surface area (Å²) in [5, 5.41) is 0.460. The van der Waals surface area contributed by atoms with Gasteiger partial charge in [-0.25, -0.2) is 23.1 Å². The van der Waals surface area contributed by atoms with Gasteiger partial charge < -0.3 is 0 Å². The first kappa shape index (κ1) is 16.8. The van der Waals surface area contributed by atoms with E-state index in [1.54, 1.807) is 19.9 Å². The molecule has 0 amide bonds. The summed E-state index contributed by atoms with van der Waals surface area (Å²) >= 11 is 11.1. The van der Waals surface area contributed by atoms with Crippen molar-refractivity contribution in [2.24, 2.45) is 7.05 Å². The van der Waals surface area contributed by atoms with Gasteiger partial charge in [-0.3, -0.25) is 4.57 Å². The average Bonchev–Trinajstić information content (AvgIpc) is 2.38. The molecule has 0 aliphatic heterocycles. The molecule has 22 heavy (non-hydrogen) atoms. The molecule has 2 aromatic rings. The zero-order valence-electron chi connectivity index (χ0n) is 12.4. The van der Waals surface area contributed by atoms with Crippen molar-refractivity contribution in [3.63, 3.8) is 0 Å². The van der Waals surface area contributed by atoms with Crippen LogP contribution in [0.15, 0.2) is 16.9 Å². The average molecular weight is 346 g/mol. The summed E-state index contributed by atoms with van der Waals surface area (Å²) in [6, 6.07) is 2.77. The molecular weight excluding hydrogens is 332 g/mol. The highest BCUT2D eigenvalue weighted by Crippen LogP contribution is 2.26. The molecule has 0 aliphatic rings. The van der Waals surface area contributed by atoms with Crippen LogP contribution >= 0.6 is 23.8 Å². The smallest absolute Gasteiger partial charge is 0.294 e. The van der Waals surface area contributed by atoms with E-state index in [0.717, 1.165) is 22.1 Å². The first-order valence-electron chi connectivity index (χ1n) is 6.39. The van der Waals surface area contributed by atoms with E-state index in [0.29, 0.717) is 22.1 Å². The summed E-state index contributed by atoms with van der Waals surface area (Å²) in [5.41, 5.74) is 0.0272. The standard InChI is InChI=1S/C14H14ClF2N3OS/c1-7-5-9(15)8(2)18-12(7)20-11(22)6-10(14(3,16)17)19(4)13(20)21/h5-6H,1-4H3. The minimum Gasteiger partial charge on any atom is -0.294 e. The summed E-state index contributed by atoms with van der Waals surface area (Å²) in [4.78, 5) is 16.7. The Hall–Kier alpha value is -1.60. The molecule has 8 heteroatoms. The summed E-state index contributed by atoms with van der Waals surface area (Å²) in [6.45, 7) is 4.13. The number of rotatable bonds is 2. The fourth-order valence-corrected chi connectivity index (χ4v) is 2.61. The normalized spacial score (nSPS) is 11.8. The topological polar surface area (TPSA) is 39.8 Å².